The normalized spacial score (nSPS) is 19.7. The molecular weight excluding hydrogens is 448 g/mol. The second-order valence-electron chi connectivity index (χ2n) is 9.72. The SMILES string of the molecule is CN1CCN(C2(CNC(=O)c3cn(-c4cnccn4)c4cccc(Cl)c34)CCCCCC2)CC1. The maximum absolute atomic E-state index is 13.6. The lowest BCUT2D eigenvalue weighted by Crippen LogP contribution is -2.60. The molecule has 1 saturated carbocycles. The number of benzene rings is 1. The van der Waals surface area contributed by atoms with Gasteiger partial charge in [0.1, 0.15) is 0 Å². The van der Waals surface area contributed by atoms with Crippen LogP contribution in [0.15, 0.2) is 43.0 Å². The Morgan fingerprint density at radius 2 is 1.85 bits per heavy atom. The molecule has 5 rings (SSSR count). The molecule has 1 N–H and O–H groups in total. The zero-order chi connectivity index (χ0) is 23.5. The first-order chi connectivity index (χ1) is 16.6. The van der Waals surface area contributed by atoms with Gasteiger partial charge in [-0.25, -0.2) is 4.98 Å². The van der Waals surface area contributed by atoms with Crippen LogP contribution in [0.1, 0.15) is 48.9 Å². The van der Waals surface area contributed by atoms with E-state index in [1.165, 1.54) is 25.7 Å². The summed E-state index contributed by atoms with van der Waals surface area (Å²) in [5.41, 5.74) is 1.45. The van der Waals surface area contributed by atoms with Gasteiger partial charge in [-0.2, -0.15) is 0 Å². The van der Waals surface area contributed by atoms with Crippen LogP contribution < -0.4 is 5.32 Å². The van der Waals surface area contributed by atoms with Crippen molar-refractivity contribution in [2.75, 3.05) is 39.8 Å². The molecule has 8 heteroatoms. The smallest absolute Gasteiger partial charge is 0.253 e. The standard InChI is InChI=1S/C26H33ClN6O/c1-31-13-15-32(16-14-31)26(9-4-2-3-5-10-26)19-30-25(34)20-18-33(23-17-28-11-12-29-23)22-8-6-7-21(27)24(20)22/h6-8,11-12,17-18H,2-5,9-10,13-16,19H2,1H3,(H,30,34). The van der Waals surface area contributed by atoms with E-state index in [-0.39, 0.29) is 11.4 Å². The van der Waals surface area contributed by atoms with Crippen LogP contribution in [0, 0.1) is 0 Å². The Kier molecular flexibility index (Phi) is 6.86. The summed E-state index contributed by atoms with van der Waals surface area (Å²) in [6.07, 6.45) is 14.1. The highest BCUT2D eigenvalue weighted by Crippen LogP contribution is 2.34. The number of fused-ring (bicyclic) bond motifs is 1. The van der Waals surface area contributed by atoms with Gasteiger partial charge in [0.25, 0.3) is 5.91 Å². The summed E-state index contributed by atoms with van der Waals surface area (Å²) in [4.78, 5) is 27.3. The Hall–Kier alpha value is -2.48. The minimum atomic E-state index is -0.0847. The number of carbonyl (C=O) groups excluding carboxylic acids is 1. The Morgan fingerprint density at radius 1 is 1.09 bits per heavy atom. The molecule has 2 fully saturated rings. The van der Waals surface area contributed by atoms with E-state index >= 15 is 0 Å². The average molecular weight is 481 g/mol. The molecule has 2 aliphatic rings. The summed E-state index contributed by atoms with van der Waals surface area (Å²) < 4.78 is 1.89. The predicted octanol–water partition coefficient (Wildman–Crippen LogP) is 4.14. The van der Waals surface area contributed by atoms with E-state index in [4.69, 9.17) is 11.6 Å². The number of halogens is 1. The summed E-state index contributed by atoms with van der Waals surface area (Å²) in [7, 11) is 2.19. The number of hydrogen-bond donors (Lipinski definition) is 1. The zero-order valence-electron chi connectivity index (χ0n) is 19.8. The van der Waals surface area contributed by atoms with Gasteiger partial charge in [-0.05, 0) is 32.0 Å². The molecule has 180 valence electrons. The van der Waals surface area contributed by atoms with Crippen molar-refractivity contribution < 1.29 is 4.79 Å². The van der Waals surface area contributed by atoms with Crippen LogP contribution in [-0.2, 0) is 0 Å². The second-order valence-corrected chi connectivity index (χ2v) is 10.1. The molecule has 1 aromatic carbocycles. The number of aromatic nitrogens is 3. The Labute approximate surface area is 206 Å². The molecular formula is C26H33ClN6O. The third kappa shape index (κ3) is 4.57. The first-order valence-electron chi connectivity index (χ1n) is 12.4. The van der Waals surface area contributed by atoms with Crippen molar-refractivity contribution in [3.8, 4) is 5.82 Å². The molecule has 1 amide bonds. The van der Waals surface area contributed by atoms with Crippen molar-refractivity contribution in [3.05, 3.63) is 53.6 Å². The topological polar surface area (TPSA) is 66.3 Å². The van der Waals surface area contributed by atoms with Gasteiger partial charge in [-0.3, -0.25) is 19.2 Å². The lowest BCUT2D eigenvalue weighted by Gasteiger charge is -2.47. The summed E-state index contributed by atoms with van der Waals surface area (Å²) in [5.74, 6) is 0.574. The number of amides is 1. The summed E-state index contributed by atoms with van der Waals surface area (Å²) in [5, 5.41) is 4.64. The lowest BCUT2D eigenvalue weighted by molar-refractivity contribution is 0.0276. The van der Waals surface area contributed by atoms with E-state index in [1.807, 2.05) is 29.0 Å². The third-order valence-corrected chi connectivity index (χ3v) is 7.92. The quantitative estimate of drug-likeness (QED) is 0.556. The van der Waals surface area contributed by atoms with Crippen molar-refractivity contribution in [2.45, 2.75) is 44.1 Å². The Balaban J connectivity index is 1.44. The number of nitrogens with zero attached hydrogens (tertiary/aromatic N) is 5. The van der Waals surface area contributed by atoms with Crippen LogP contribution in [0.25, 0.3) is 16.7 Å². The minimum absolute atomic E-state index is 0.0283. The van der Waals surface area contributed by atoms with Crippen molar-refractivity contribution in [1.82, 2.24) is 29.7 Å². The number of piperazine rings is 1. The van der Waals surface area contributed by atoms with Gasteiger partial charge in [0, 0.05) is 62.2 Å². The van der Waals surface area contributed by atoms with Crippen molar-refractivity contribution in [1.29, 1.82) is 0 Å². The molecule has 3 heterocycles. The molecule has 34 heavy (non-hydrogen) atoms. The highest BCUT2D eigenvalue weighted by atomic mass is 35.5. The average Bonchev–Trinajstić information content (AvgIpc) is 3.10. The van der Waals surface area contributed by atoms with E-state index in [2.05, 4.69) is 32.1 Å². The molecule has 0 spiro atoms. The predicted molar refractivity (Wildman–Crippen MR) is 136 cm³/mol. The van der Waals surface area contributed by atoms with Crippen molar-refractivity contribution in [3.63, 3.8) is 0 Å². The maximum atomic E-state index is 13.6. The second kappa shape index (κ2) is 10.0. The van der Waals surface area contributed by atoms with Gasteiger partial charge in [-0.1, -0.05) is 43.4 Å². The largest absolute Gasteiger partial charge is 0.350 e. The van der Waals surface area contributed by atoms with Crippen LogP contribution >= 0.6 is 11.6 Å². The molecule has 1 aliphatic carbocycles. The Bertz CT molecular complexity index is 1130. The van der Waals surface area contributed by atoms with E-state index in [9.17, 15) is 4.79 Å². The van der Waals surface area contributed by atoms with Gasteiger partial charge in [0.05, 0.1) is 22.3 Å². The monoisotopic (exact) mass is 480 g/mol. The molecule has 3 aromatic rings. The van der Waals surface area contributed by atoms with Gasteiger partial charge >= 0.3 is 0 Å². The minimum Gasteiger partial charge on any atom is -0.350 e. The van der Waals surface area contributed by atoms with Crippen molar-refractivity contribution in [2.24, 2.45) is 0 Å². The number of hydrogen-bond acceptors (Lipinski definition) is 5. The molecule has 1 saturated heterocycles. The van der Waals surface area contributed by atoms with E-state index in [1.54, 1.807) is 18.6 Å². The number of rotatable bonds is 5. The lowest BCUT2D eigenvalue weighted by atomic mass is 9.87. The molecule has 0 atom stereocenters. The molecule has 0 bridgehead atoms. The highest BCUT2D eigenvalue weighted by molar-refractivity contribution is 6.37. The fourth-order valence-corrected chi connectivity index (χ4v) is 5.90. The molecule has 0 unspecified atom stereocenters. The fourth-order valence-electron chi connectivity index (χ4n) is 5.63. The van der Waals surface area contributed by atoms with E-state index < -0.39 is 0 Å². The van der Waals surface area contributed by atoms with E-state index in [0.29, 0.717) is 22.9 Å². The van der Waals surface area contributed by atoms with Gasteiger partial charge in [-0.15, -0.1) is 0 Å². The molecule has 1 aliphatic heterocycles. The van der Waals surface area contributed by atoms with Crippen LogP contribution in [0.2, 0.25) is 5.02 Å². The fraction of sp³-hybridized carbons (Fsp3) is 0.500. The first kappa shape index (κ1) is 23.3. The summed E-state index contributed by atoms with van der Waals surface area (Å²) >= 11 is 6.60. The maximum Gasteiger partial charge on any atom is 0.253 e. The van der Waals surface area contributed by atoms with Crippen molar-refractivity contribution >= 4 is 28.4 Å². The zero-order valence-corrected chi connectivity index (χ0v) is 20.6. The highest BCUT2D eigenvalue weighted by Gasteiger charge is 2.38. The van der Waals surface area contributed by atoms with Gasteiger partial charge in [0.2, 0.25) is 0 Å². The molecule has 7 nitrogen and oxygen atoms in total. The van der Waals surface area contributed by atoms with Crippen LogP contribution in [0.5, 0.6) is 0 Å². The van der Waals surface area contributed by atoms with E-state index in [0.717, 1.165) is 49.9 Å². The Morgan fingerprint density at radius 3 is 2.56 bits per heavy atom. The van der Waals surface area contributed by atoms with Crippen LogP contribution in [0.3, 0.4) is 0 Å². The summed E-state index contributed by atoms with van der Waals surface area (Å²) in [6.45, 7) is 4.94. The van der Waals surface area contributed by atoms with Gasteiger partial charge < -0.3 is 10.2 Å². The van der Waals surface area contributed by atoms with Crippen LogP contribution in [-0.4, -0.2) is 75.6 Å². The first-order valence-corrected chi connectivity index (χ1v) is 12.7. The molecule has 0 radical (unpaired) electrons. The van der Waals surface area contributed by atoms with Crippen LogP contribution in [0.4, 0.5) is 0 Å². The number of carbonyl (C=O) groups is 1. The summed E-state index contributed by atoms with van der Waals surface area (Å²) in [6, 6.07) is 5.69. The third-order valence-electron chi connectivity index (χ3n) is 7.61. The van der Waals surface area contributed by atoms with Gasteiger partial charge in [0.15, 0.2) is 5.82 Å². The molecule has 2 aromatic heterocycles. The number of nitrogens with one attached hydrogen (secondary N) is 1. The number of likely N-dealkylation sites (N-methyl/N-ethyl adjacent to an activating group) is 1.